The lowest BCUT2D eigenvalue weighted by molar-refractivity contribution is 1.29. The van der Waals surface area contributed by atoms with Crippen LogP contribution in [0.15, 0.2) is 79.0 Å². The molecule has 4 rings (SSSR count). The van der Waals surface area contributed by atoms with Crippen LogP contribution >= 0.6 is 0 Å². The zero-order chi connectivity index (χ0) is 17.6. The Labute approximate surface area is 148 Å². The van der Waals surface area contributed by atoms with Crippen molar-refractivity contribution < 1.29 is 0 Å². The number of hydrogen-bond donors (Lipinski definition) is 1. The lowest BCUT2D eigenvalue weighted by Gasteiger charge is -2.11. The van der Waals surface area contributed by atoms with E-state index in [-0.39, 0.29) is 0 Å². The third-order valence-electron chi connectivity index (χ3n) is 3.82. The van der Waals surface area contributed by atoms with Gasteiger partial charge in [0.1, 0.15) is 0 Å². The van der Waals surface area contributed by atoms with Crippen molar-refractivity contribution in [3.05, 3.63) is 79.0 Å². The number of nitrogens with two attached hydrogens (primary N) is 1. The molecular formula is C22H21N3. The van der Waals surface area contributed by atoms with Gasteiger partial charge >= 0.3 is 0 Å². The van der Waals surface area contributed by atoms with Crippen LogP contribution in [0.25, 0.3) is 33.4 Å². The van der Waals surface area contributed by atoms with Gasteiger partial charge in [0.2, 0.25) is 0 Å². The predicted octanol–water partition coefficient (Wildman–Crippen LogP) is 5.57. The molecule has 0 saturated heterocycles. The Hall–Kier alpha value is -3.20. The van der Waals surface area contributed by atoms with E-state index in [9.17, 15) is 0 Å². The molecule has 0 saturated carbocycles. The van der Waals surface area contributed by atoms with Crippen LogP contribution in [-0.4, -0.2) is 9.97 Å². The van der Waals surface area contributed by atoms with Crippen LogP contribution in [0.3, 0.4) is 0 Å². The molecule has 0 aliphatic rings. The summed E-state index contributed by atoms with van der Waals surface area (Å²) in [5.74, 6) is 0. The standard InChI is InChI=1S/C20H15N3.C2H6/c21-17-11-16-12-18(14-7-3-1-4-8-14)19(23-20(16)22-13-17)15-9-5-2-6-10-15;1-2/h1-13H,21H2;1-2H3. The maximum atomic E-state index is 5.87. The van der Waals surface area contributed by atoms with E-state index in [0.29, 0.717) is 11.3 Å². The van der Waals surface area contributed by atoms with E-state index in [1.54, 1.807) is 6.20 Å². The molecule has 0 aliphatic carbocycles. The number of aromatic nitrogens is 2. The molecule has 0 amide bonds. The van der Waals surface area contributed by atoms with Crippen LogP contribution in [0.5, 0.6) is 0 Å². The van der Waals surface area contributed by atoms with Crippen LogP contribution in [0.1, 0.15) is 13.8 Å². The highest BCUT2D eigenvalue weighted by molar-refractivity contribution is 5.91. The molecule has 0 aliphatic heterocycles. The van der Waals surface area contributed by atoms with Crippen molar-refractivity contribution in [1.82, 2.24) is 9.97 Å². The molecule has 2 aromatic carbocycles. The molecule has 0 spiro atoms. The van der Waals surface area contributed by atoms with Crippen LogP contribution < -0.4 is 5.73 Å². The third kappa shape index (κ3) is 3.50. The van der Waals surface area contributed by atoms with Crippen molar-refractivity contribution in [2.24, 2.45) is 0 Å². The van der Waals surface area contributed by atoms with E-state index in [1.165, 1.54) is 0 Å². The first-order chi connectivity index (χ1) is 12.3. The molecule has 124 valence electrons. The van der Waals surface area contributed by atoms with Crippen LogP contribution in [0, 0.1) is 0 Å². The average molecular weight is 327 g/mol. The molecule has 0 unspecified atom stereocenters. The third-order valence-corrected chi connectivity index (χ3v) is 3.82. The molecule has 25 heavy (non-hydrogen) atoms. The van der Waals surface area contributed by atoms with E-state index >= 15 is 0 Å². The number of hydrogen-bond acceptors (Lipinski definition) is 3. The molecule has 3 nitrogen and oxygen atoms in total. The number of pyridine rings is 2. The van der Waals surface area contributed by atoms with Gasteiger partial charge in [0.25, 0.3) is 0 Å². The van der Waals surface area contributed by atoms with E-state index in [0.717, 1.165) is 27.8 Å². The molecule has 4 aromatic rings. The van der Waals surface area contributed by atoms with E-state index in [1.807, 2.05) is 56.3 Å². The molecule has 0 fully saturated rings. The van der Waals surface area contributed by atoms with Crippen molar-refractivity contribution in [1.29, 1.82) is 0 Å². The average Bonchev–Trinajstić information content (AvgIpc) is 2.70. The molecule has 3 heteroatoms. The molecule has 2 N–H and O–H groups in total. The molecule has 0 atom stereocenters. The molecular weight excluding hydrogens is 306 g/mol. The van der Waals surface area contributed by atoms with Crippen LogP contribution in [0.4, 0.5) is 5.69 Å². The van der Waals surface area contributed by atoms with Crippen molar-refractivity contribution in [2.75, 3.05) is 5.73 Å². The molecule has 2 aromatic heterocycles. The minimum atomic E-state index is 0.644. The summed E-state index contributed by atoms with van der Waals surface area (Å²) >= 11 is 0. The van der Waals surface area contributed by atoms with Gasteiger partial charge in [-0.2, -0.15) is 0 Å². The fourth-order valence-electron chi connectivity index (χ4n) is 2.74. The maximum Gasteiger partial charge on any atom is 0.159 e. The van der Waals surface area contributed by atoms with Gasteiger partial charge in [0, 0.05) is 16.5 Å². The zero-order valence-corrected chi connectivity index (χ0v) is 14.5. The highest BCUT2D eigenvalue weighted by Crippen LogP contribution is 2.33. The normalized spacial score (nSPS) is 10.2. The Morgan fingerprint density at radius 1 is 0.760 bits per heavy atom. The van der Waals surface area contributed by atoms with Crippen LogP contribution in [-0.2, 0) is 0 Å². The maximum absolute atomic E-state index is 5.87. The van der Waals surface area contributed by atoms with Crippen molar-refractivity contribution in [3.8, 4) is 22.4 Å². The first-order valence-corrected chi connectivity index (χ1v) is 8.48. The summed E-state index contributed by atoms with van der Waals surface area (Å²) in [4.78, 5) is 9.16. The topological polar surface area (TPSA) is 51.8 Å². The summed E-state index contributed by atoms with van der Waals surface area (Å²) in [6.45, 7) is 4.00. The number of rotatable bonds is 2. The van der Waals surface area contributed by atoms with Crippen molar-refractivity contribution in [2.45, 2.75) is 13.8 Å². The lowest BCUT2D eigenvalue weighted by atomic mass is 9.98. The number of benzene rings is 2. The van der Waals surface area contributed by atoms with E-state index in [4.69, 9.17) is 10.7 Å². The van der Waals surface area contributed by atoms with Gasteiger partial charge in [-0.25, -0.2) is 9.97 Å². The Kier molecular flexibility index (Phi) is 5.05. The minimum absolute atomic E-state index is 0.644. The highest BCUT2D eigenvalue weighted by atomic mass is 14.9. The van der Waals surface area contributed by atoms with Gasteiger partial charge in [0.15, 0.2) is 5.65 Å². The fourth-order valence-corrected chi connectivity index (χ4v) is 2.74. The van der Waals surface area contributed by atoms with Gasteiger partial charge in [-0.1, -0.05) is 74.5 Å². The summed E-state index contributed by atoms with van der Waals surface area (Å²) < 4.78 is 0. The molecule has 2 heterocycles. The van der Waals surface area contributed by atoms with Crippen LogP contribution in [0.2, 0.25) is 0 Å². The van der Waals surface area contributed by atoms with E-state index < -0.39 is 0 Å². The number of fused-ring (bicyclic) bond motifs is 1. The minimum Gasteiger partial charge on any atom is -0.397 e. The van der Waals surface area contributed by atoms with Gasteiger partial charge in [-0.3, -0.25) is 0 Å². The Bertz CT molecular complexity index is 964. The number of anilines is 1. The second kappa shape index (κ2) is 7.58. The van der Waals surface area contributed by atoms with Gasteiger partial charge < -0.3 is 5.73 Å². The Balaban J connectivity index is 0.000000880. The second-order valence-electron chi connectivity index (χ2n) is 5.43. The first-order valence-electron chi connectivity index (χ1n) is 8.48. The SMILES string of the molecule is CC.Nc1cnc2nc(-c3ccccc3)c(-c3ccccc3)cc2c1. The van der Waals surface area contributed by atoms with Crippen molar-refractivity contribution >= 4 is 16.7 Å². The quantitative estimate of drug-likeness (QED) is 0.523. The monoisotopic (exact) mass is 327 g/mol. The summed E-state index contributed by atoms with van der Waals surface area (Å²) in [7, 11) is 0. The zero-order valence-electron chi connectivity index (χ0n) is 14.5. The molecule has 0 radical (unpaired) electrons. The van der Waals surface area contributed by atoms with Gasteiger partial charge in [-0.15, -0.1) is 0 Å². The summed E-state index contributed by atoms with van der Waals surface area (Å²) in [6, 6.07) is 24.5. The number of nitrogens with zero attached hydrogens (tertiary/aromatic N) is 2. The summed E-state index contributed by atoms with van der Waals surface area (Å²) in [6.07, 6.45) is 1.65. The number of nitrogen functional groups attached to an aromatic ring is 1. The van der Waals surface area contributed by atoms with E-state index in [2.05, 4.69) is 35.3 Å². The summed E-state index contributed by atoms with van der Waals surface area (Å²) in [5.41, 5.74) is 11.4. The smallest absolute Gasteiger partial charge is 0.159 e. The largest absolute Gasteiger partial charge is 0.397 e. The lowest BCUT2D eigenvalue weighted by Crippen LogP contribution is -1.94. The predicted molar refractivity (Wildman–Crippen MR) is 106 cm³/mol. The van der Waals surface area contributed by atoms with Gasteiger partial charge in [0.05, 0.1) is 17.6 Å². The van der Waals surface area contributed by atoms with Crippen molar-refractivity contribution in [3.63, 3.8) is 0 Å². The molecule has 0 bridgehead atoms. The Morgan fingerprint density at radius 3 is 2.00 bits per heavy atom. The Morgan fingerprint density at radius 2 is 1.36 bits per heavy atom. The van der Waals surface area contributed by atoms with Gasteiger partial charge in [-0.05, 0) is 17.7 Å². The second-order valence-corrected chi connectivity index (χ2v) is 5.43. The highest BCUT2D eigenvalue weighted by Gasteiger charge is 2.11. The summed E-state index contributed by atoms with van der Waals surface area (Å²) in [5, 5.41) is 0.948. The fraction of sp³-hybridized carbons (Fsp3) is 0.0909. The first kappa shape index (κ1) is 16.7.